The number of hydrogen-bond acceptors (Lipinski definition) is 3. The van der Waals surface area contributed by atoms with Gasteiger partial charge in [-0.25, -0.2) is 0 Å². The molecule has 0 aliphatic rings. The van der Waals surface area contributed by atoms with E-state index >= 15 is 0 Å². The minimum absolute atomic E-state index is 0.103. The van der Waals surface area contributed by atoms with Crippen LogP contribution in [-0.4, -0.2) is 33.1 Å². The highest BCUT2D eigenvalue weighted by Crippen LogP contribution is 2.15. The summed E-state index contributed by atoms with van der Waals surface area (Å²) in [5.74, 6) is 0.599. The lowest BCUT2D eigenvalue weighted by molar-refractivity contribution is -0.120. The number of hydrogen-bond donors (Lipinski definition) is 2. The lowest BCUT2D eigenvalue weighted by Gasteiger charge is -2.13. The summed E-state index contributed by atoms with van der Waals surface area (Å²) >= 11 is 0. The van der Waals surface area contributed by atoms with E-state index in [1.807, 2.05) is 26.2 Å². The molecule has 0 aromatic heterocycles. The standard InChI is InChI=1S/C15H25N3O/c1-12(2)11-17-15(19)9-10-16-13-5-7-14(8-6-13)18(3)4/h5-8,12,16H,9-11H2,1-4H3,(H,17,19). The molecular weight excluding hydrogens is 238 g/mol. The molecule has 4 nitrogen and oxygen atoms in total. The first-order valence-corrected chi connectivity index (χ1v) is 6.77. The van der Waals surface area contributed by atoms with Crippen molar-refractivity contribution in [3.63, 3.8) is 0 Å². The van der Waals surface area contributed by atoms with Gasteiger partial charge in [-0.05, 0) is 30.2 Å². The monoisotopic (exact) mass is 263 g/mol. The topological polar surface area (TPSA) is 44.4 Å². The van der Waals surface area contributed by atoms with Crippen LogP contribution in [-0.2, 0) is 4.79 Å². The molecule has 0 aliphatic carbocycles. The molecule has 0 aliphatic heterocycles. The average Bonchev–Trinajstić information content (AvgIpc) is 2.37. The number of benzene rings is 1. The molecule has 0 unspecified atom stereocenters. The molecule has 0 radical (unpaired) electrons. The minimum atomic E-state index is 0.103. The van der Waals surface area contributed by atoms with Crippen molar-refractivity contribution in [3.8, 4) is 0 Å². The maximum Gasteiger partial charge on any atom is 0.221 e. The molecule has 4 heteroatoms. The van der Waals surface area contributed by atoms with Crippen molar-refractivity contribution in [3.05, 3.63) is 24.3 Å². The molecule has 1 amide bonds. The molecule has 1 aromatic carbocycles. The van der Waals surface area contributed by atoms with Crippen molar-refractivity contribution in [2.75, 3.05) is 37.4 Å². The van der Waals surface area contributed by atoms with E-state index in [9.17, 15) is 4.79 Å². The van der Waals surface area contributed by atoms with E-state index in [2.05, 4.69) is 41.5 Å². The van der Waals surface area contributed by atoms with Crippen LogP contribution >= 0.6 is 0 Å². The zero-order valence-corrected chi connectivity index (χ0v) is 12.4. The number of nitrogens with one attached hydrogen (secondary N) is 2. The Morgan fingerprint density at radius 2 is 1.84 bits per heavy atom. The van der Waals surface area contributed by atoms with Gasteiger partial charge in [0.15, 0.2) is 0 Å². The van der Waals surface area contributed by atoms with Crippen molar-refractivity contribution in [1.29, 1.82) is 0 Å². The first-order chi connectivity index (χ1) is 8.99. The average molecular weight is 263 g/mol. The van der Waals surface area contributed by atoms with Gasteiger partial charge in [-0.15, -0.1) is 0 Å². The fourth-order valence-electron chi connectivity index (χ4n) is 1.60. The van der Waals surface area contributed by atoms with Crippen molar-refractivity contribution in [2.24, 2.45) is 5.92 Å². The molecule has 0 saturated heterocycles. The second-order valence-electron chi connectivity index (χ2n) is 5.32. The van der Waals surface area contributed by atoms with Crippen LogP contribution < -0.4 is 15.5 Å². The van der Waals surface area contributed by atoms with E-state index in [0.717, 1.165) is 12.2 Å². The molecular formula is C15H25N3O. The third-order valence-electron chi connectivity index (χ3n) is 2.77. The van der Waals surface area contributed by atoms with Crippen molar-refractivity contribution in [1.82, 2.24) is 5.32 Å². The first-order valence-electron chi connectivity index (χ1n) is 6.77. The third kappa shape index (κ3) is 6.13. The molecule has 0 bridgehead atoms. The number of carbonyl (C=O) groups excluding carboxylic acids is 1. The number of nitrogens with zero attached hydrogens (tertiary/aromatic N) is 1. The van der Waals surface area contributed by atoms with Gasteiger partial charge in [-0.3, -0.25) is 4.79 Å². The van der Waals surface area contributed by atoms with Gasteiger partial charge in [0.05, 0.1) is 0 Å². The summed E-state index contributed by atoms with van der Waals surface area (Å²) in [5, 5.41) is 6.16. The summed E-state index contributed by atoms with van der Waals surface area (Å²) in [7, 11) is 4.03. The molecule has 0 atom stereocenters. The quantitative estimate of drug-likeness (QED) is 0.793. The summed E-state index contributed by atoms with van der Waals surface area (Å²) < 4.78 is 0. The molecule has 1 rings (SSSR count). The zero-order valence-electron chi connectivity index (χ0n) is 12.4. The van der Waals surface area contributed by atoms with Crippen LogP contribution in [0.4, 0.5) is 11.4 Å². The Labute approximate surface area is 116 Å². The molecule has 0 spiro atoms. The predicted octanol–water partition coefficient (Wildman–Crippen LogP) is 2.33. The lowest BCUT2D eigenvalue weighted by Crippen LogP contribution is -2.28. The van der Waals surface area contributed by atoms with Crippen LogP contribution in [0.1, 0.15) is 20.3 Å². The van der Waals surface area contributed by atoms with E-state index in [-0.39, 0.29) is 5.91 Å². The van der Waals surface area contributed by atoms with E-state index < -0.39 is 0 Å². The van der Waals surface area contributed by atoms with Crippen LogP contribution in [0.25, 0.3) is 0 Å². The van der Waals surface area contributed by atoms with Crippen molar-refractivity contribution in [2.45, 2.75) is 20.3 Å². The summed E-state index contributed by atoms with van der Waals surface area (Å²) in [4.78, 5) is 13.6. The second kappa shape index (κ2) is 7.67. The predicted molar refractivity (Wildman–Crippen MR) is 81.7 cm³/mol. The Balaban J connectivity index is 2.27. The Hall–Kier alpha value is -1.71. The van der Waals surface area contributed by atoms with Crippen molar-refractivity contribution >= 4 is 17.3 Å². The van der Waals surface area contributed by atoms with Gasteiger partial charge in [0.2, 0.25) is 5.91 Å². The highest BCUT2D eigenvalue weighted by atomic mass is 16.1. The molecule has 0 fully saturated rings. The van der Waals surface area contributed by atoms with E-state index in [0.29, 0.717) is 18.9 Å². The van der Waals surface area contributed by atoms with Gasteiger partial charge in [0, 0.05) is 45.0 Å². The lowest BCUT2D eigenvalue weighted by atomic mass is 10.2. The van der Waals surface area contributed by atoms with Gasteiger partial charge < -0.3 is 15.5 Å². The van der Waals surface area contributed by atoms with Crippen LogP contribution in [0, 0.1) is 5.92 Å². The number of carbonyl (C=O) groups is 1. The summed E-state index contributed by atoms with van der Waals surface area (Å²) in [6.45, 7) is 5.58. The van der Waals surface area contributed by atoms with Gasteiger partial charge >= 0.3 is 0 Å². The third-order valence-corrected chi connectivity index (χ3v) is 2.77. The Morgan fingerprint density at radius 3 is 2.37 bits per heavy atom. The normalized spacial score (nSPS) is 10.4. The first kappa shape index (κ1) is 15.3. The number of amides is 1. The molecule has 19 heavy (non-hydrogen) atoms. The molecule has 106 valence electrons. The largest absolute Gasteiger partial charge is 0.385 e. The van der Waals surface area contributed by atoms with E-state index in [1.165, 1.54) is 5.69 Å². The Morgan fingerprint density at radius 1 is 1.21 bits per heavy atom. The van der Waals surface area contributed by atoms with E-state index in [4.69, 9.17) is 0 Å². The minimum Gasteiger partial charge on any atom is -0.385 e. The Kier molecular flexibility index (Phi) is 6.19. The van der Waals surface area contributed by atoms with Crippen LogP contribution in [0.3, 0.4) is 0 Å². The van der Waals surface area contributed by atoms with Crippen LogP contribution in [0.15, 0.2) is 24.3 Å². The fraction of sp³-hybridized carbons (Fsp3) is 0.533. The van der Waals surface area contributed by atoms with Gasteiger partial charge in [-0.2, -0.15) is 0 Å². The number of rotatable bonds is 7. The molecule has 2 N–H and O–H groups in total. The highest BCUT2D eigenvalue weighted by molar-refractivity contribution is 5.76. The fourth-order valence-corrected chi connectivity index (χ4v) is 1.60. The van der Waals surface area contributed by atoms with Gasteiger partial charge in [0.1, 0.15) is 0 Å². The zero-order chi connectivity index (χ0) is 14.3. The maximum absolute atomic E-state index is 11.5. The summed E-state index contributed by atoms with van der Waals surface area (Å²) in [5.41, 5.74) is 2.21. The summed E-state index contributed by atoms with van der Waals surface area (Å²) in [6.07, 6.45) is 0.502. The van der Waals surface area contributed by atoms with Crippen LogP contribution in [0.2, 0.25) is 0 Å². The van der Waals surface area contributed by atoms with E-state index in [1.54, 1.807) is 0 Å². The smallest absolute Gasteiger partial charge is 0.221 e. The van der Waals surface area contributed by atoms with Crippen molar-refractivity contribution < 1.29 is 4.79 Å². The Bertz CT molecular complexity index is 385. The van der Waals surface area contributed by atoms with Gasteiger partial charge in [-0.1, -0.05) is 13.8 Å². The number of anilines is 2. The highest BCUT2D eigenvalue weighted by Gasteiger charge is 2.02. The second-order valence-corrected chi connectivity index (χ2v) is 5.32. The molecule has 0 saturated carbocycles. The van der Waals surface area contributed by atoms with Crippen LogP contribution in [0.5, 0.6) is 0 Å². The maximum atomic E-state index is 11.5. The molecule has 1 aromatic rings. The summed E-state index contributed by atoms with van der Waals surface area (Å²) in [6, 6.07) is 8.17. The molecule has 0 heterocycles. The SMILES string of the molecule is CC(C)CNC(=O)CCNc1ccc(N(C)C)cc1. The van der Waals surface area contributed by atoms with Gasteiger partial charge in [0.25, 0.3) is 0 Å².